The van der Waals surface area contributed by atoms with Gasteiger partial charge in [-0.05, 0) is 42.8 Å². The minimum atomic E-state index is -0.298. The summed E-state index contributed by atoms with van der Waals surface area (Å²) in [6.07, 6.45) is 1.46. The van der Waals surface area contributed by atoms with Crippen LogP contribution in [0.15, 0.2) is 52.0 Å². The van der Waals surface area contributed by atoms with Gasteiger partial charge in [0.05, 0.1) is 11.9 Å². The van der Waals surface area contributed by atoms with Gasteiger partial charge in [-0.2, -0.15) is 5.10 Å². The number of anilines is 1. The highest BCUT2D eigenvalue weighted by molar-refractivity contribution is 9.10. The fraction of sp³-hybridized carbons (Fsp3) is 0.0714. The molecule has 0 heterocycles. The third-order valence-electron chi connectivity index (χ3n) is 2.37. The highest BCUT2D eigenvalue weighted by Gasteiger charge is 1.99. The number of hydrazone groups is 1. The number of hydrogen-bond acceptors (Lipinski definition) is 2. The molecule has 0 saturated carbocycles. The highest BCUT2D eigenvalue weighted by Crippen LogP contribution is 2.14. The molecule has 0 amide bonds. The van der Waals surface area contributed by atoms with Crippen LogP contribution in [0, 0.1) is 12.7 Å². The predicted molar refractivity (Wildman–Crippen MR) is 76.5 cm³/mol. The van der Waals surface area contributed by atoms with Gasteiger partial charge in [0.25, 0.3) is 0 Å². The molecule has 2 nitrogen and oxygen atoms in total. The van der Waals surface area contributed by atoms with Crippen molar-refractivity contribution < 1.29 is 4.39 Å². The topological polar surface area (TPSA) is 24.4 Å². The number of rotatable bonds is 3. The van der Waals surface area contributed by atoms with Crippen LogP contribution in [0.3, 0.4) is 0 Å². The van der Waals surface area contributed by atoms with Crippen LogP contribution in [0.2, 0.25) is 0 Å². The van der Waals surface area contributed by atoms with E-state index in [1.807, 2.05) is 31.2 Å². The number of benzene rings is 2. The van der Waals surface area contributed by atoms with Crippen LogP contribution in [-0.2, 0) is 0 Å². The zero-order chi connectivity index (χ0) is 13.0. The lowest BCUT2D eigenvalue weighted by Crippen LogP contribution is -1.93. The van der Waals surface area contributed by atoms with Crippen LogP contribution in [0.4, 0.5) is 10.1 Å². The second-order valence-corrected chi connectivity index (χ2v) is 4.82. The maximum Gasteiger partial charge on any atom is 0.132 e. The first kappa shape index (κ1) is 12.8. The Kier molecular flexibility index (Phi) is 4.10. The van der Waals surface area contributed by atoms with E-state index in [1.165, 1.54) is 12.3 Å². The second kappa shape index (κ2) is 5.78. The van der Waals surface area contributed by atoms with E-state index in [1.54, 1.807) is 12.1 Å². The molecule has 0 aromatic heterocycles. The normalized spacial score (nSPS) is 10.8. The summed E-state index contributed by atoms with van der Waals surface area (Å²) in [6.45, 7) is 2.00. The first-order valence-corrected chi connectivity index (χ1v) is 6.25. The first-order valence-electron chi connectivity index (χ1n) is 5.46. The summed E-state index contributed by atoms with van der Waals surface area (Å²) in [5.74, 6) is -0.298. The Labute approximate surface area is 114 Å². The molecular weight excluding hydrogens is 295 g/mol. The van der Waals surface area contributed by atoms with Crippen molar-refractivity contribution in [2.45, 2.75) is 6.92 Å². The van der Waals surface area contributed by atoms with Gasteiger partial charge < -0.3 is 0 Å². The van der Waals surface area contributed by atoms with Crippen molar-refractivity contribution in [2.75, 3.05) is 5.43 Å². The summed E-state index contributed by atoms with van der Waals surface area (Å²) in [6, 6.07) is 12.5. The lowest BCUT2D eigenvalue weighted by molar-refractivity contribution is 0.625. The fourth-order valence-electron chi connectivity index (χ4n) is 1.50. The summed E-state index contributed by atoms with van der Waals surface area (Å²) >= 11 is 3.29. The molecule has 0 bridgehead atoms. The molecule has 92 valence electrons. The summed E-state index contributed by atoms with van der Waals surface area (Å²) in [4.78, 5) is 0. The number of hydrogen-bond donors (Lipinski definition) is 1. The van der Waals surface area contributed by atoms with Gasteiger partial charge in [-0.25, -0.2) is 4.39 Å². The molecule has 0 saturated heterocycles. The minimum absolute atomic E-state index is 0.298. The molecular formula is C14H12BrFN2. The van der Waals surface area contributed by atoms with Crippen LogP contribution in [0.5, 0.6) is 0 Å². The molecule has 0 spiro atoms. The average Bonchev–Trinajstić information content (AvgIpc) is 2.34. The van der Waals surface area contributed by atoms with Crippen molar-refractivity contribution >= 4 is 27.8 Å². The lowest BCUT2D eigenvalue weighted by Gasteiger charge is -2.01. The molecule has 0 fully saturated rings. The number of nitrogens with zero attached hydrogens (tertiary/aromatic N) is 1. The maximum absolute atomic E-state index is 13.4. The van der Waals surface area contributed by atoms with E-state index >= 15 is 0 Å². The Balaban J connectivity index is 2.10. The zero-order valence-corrected chi connectivity index (χ0v) is 11.4. The Morgan fingerprint density at radius 1 is 1.22 bits per heavy atom. The van der Waals surface area contributed by atoms with Crippen molar-refractivity contribution in [3.8, 4) is 0 Å². The van der Waals surface area contributed by atoms with Crippen molar-refractivity contribution in [2.24, 2.45) is 5.10 Å². The van der Waals surface area contributed by atoms with Gasteiger partial charge in [-0.3, -0.25) is 5.43 Å². The molecule has 18 heavy (non-hydrogen) atoms. The number of halogens is 2. The molecule has 0 aliphatic carbocycles. The molecule has 0 radical (unpaired) electrons. The molecule has 0 aliphatic rings. The van der Waals surface area contributed by atoms with Gasteiger partial charge in [-0.15, -0.1) is 0 Å². The fourth-order valence-corrected chi connectivity index (χ4v) is 1.88. The summed E-state index contributed by atoms with van der Waals surface area (Å²) in [7, 11) is 0. The molecule has 2 aromatic rings. The monoisotopic (exact) mass is 306 g/mol. The van der Waals surface area contributed by atoms with E-state index in [2.05, 4.69) is 26.5 Å². The molecule has 0 unspecified atom stereocenters. The maximum atomic E-state index is 13.4. The average molecular weight is 307 g/mol. The largest absolute Gasteiger partial charge is 0.278 e. The Morgan fingerprint density at radius 3 is 2.83 bits per heavy atom. The third kappa shape index (κ3) is 3.40. The SMILES string of the molecule is Cc1cccc(N/N=C\c2cc(Br)ccc2F)c1. The van der Waals surface area contributed by atoms with Crippen molar-refractivity contribution in [3.05, 3.63) is 63.9 Å². The molecule has 0 atom stereocenters. The van der Waals surface area contributed by atoms with Crippen molar-refractivity contribution in [1.29, 1.82) is 0 Å². The molecule has 0 aliphatic heterocycles. The number of nitrogens with one attached hydrogen (secondary N) is 1. The third-order valence-corrected chi connectivity index (χ3v) is 2.87. The van der Waals surface area contributed by atoms with Gasteiger partial charge in [0.1, 0.15) is 5.82 Å². The van der Waals surface area contributed by atoms with E-state index in [0.717, 1.165) is 15.7 Å². The van der Waals surface area contributed by atoms with Gasteiger partial charge >= 0.3 is 0 Å². The van der Waals surface area contributed by atoms with Gasteiger partial charge in [0, 0.05) is 10.0 Å². The standard InChI is InChI=1S/C14H12BrFN2/c1-10-3-2-4-13(7-10)18-17-9-11-8-12(15)5-6-14(11)16/h2-9,18H,1H3/b17-9-. The van der Waals surface area contributed by atoms with Crippen molar-refractivity contribution in [1.82, 2.24) is 0 Å². The van der Waals surface area contributed by atoms with Gasteiger partial charge in [0.15, 0.2) is 0 Å². The zero-order valence-electron chi connectivity index (χ0n) is 9.82. The molecule has 2 rings (SSSR count). The molecule has 4 heteroatoms. The van der Waals surface area contributed by atoms with Crippen LogP contribution in [-0.4, -0.2) is 6.21 Å². The van der Waals surface area contributed by atoms with E-state index < -0.39 is 0 Å². The first-order chi connectivity index (χ1) is 8.65. The van der Waals surface area contributed by atoms with Gasteiger partial charge in [0.2, 0.25) is 0 Å². The van der Waals surface area contributed by atoms with E-state index in [-0.39, 0.29) is 5.82 Å². The highest BCUT2D eigenvalue weighted by atomic mass is 79.9. The summed E-state index contributed by atoms with van der Waals surface area (Å²) in [5, 5.41) is 4.02. The van der Waals surface area contributed by atoms with Crippen LogP contribution >= 0.6 is 15.9 Å². The van der Waals surface area contributed by atoms with E-state index in [4.69, 9.17) is 0 Å². The molecule has 2 aromatic carbocycles. The summed E-state index contributed by atoms with van der Waals surface area (Å²) < 4.78 is 14.2. The second-order valence-electron chi connectivity index (χ2n) is 3.91. The minimum Gasteiger partial charge on any atom is -0.278 e. The lowest BCUT2D eigenvalue weighted by atomic mass is 10.2. The number of aryl methyl sites for hydroxylation is 1. The Morgan fingerprint density at radius 2 is 2.06 bits per heavy atom. The summed E-state index contributed by atoms with van der Waals surface area (Å²) in [5.41, 5.74) is 5.32. The molecule has 1 N–H and O–H groups in total. The predicted octanol–water partition coefficient (Wildman–Crippen LogP) is 4.34. The quantitative estimate of drug-likeness (QED) is 0.662. The van der Waals surface area contributed by atoms with E-state index in [0.29, 0.717) is 5.56 Å². The smallest absolute Gasteiger partial charge is 0.132 e. The van der Waals surface area contributed by atoms with Crippen LogP contribution in [0.1, 0.15) is 11.1 Å². The van der Waals surface area contributed by atoms with Crippen molar-refractivity contribution in [3.63, 3.8) is 0 Å². The van der Waals surface area contributed by atoms with E-state index in [9.17, 15) is 4.39 Å². The van der Waals surface area contributed by atoms with Crippen LogP contribution < -0.4 is 5.43 Å². The Bertz CT molecular complexity index is 582. The van der Waals surface area contributed by atoms with Crippen LogP contribution in [0.25, 0.3) is 0 Å². The van der Waals surface area contributed by atoms with Gasteiger partial charge in [-0.1, -0.05) is 28.1 Å². The Hall–Kier alpha value is -1.68.